The van der Waals surface area contributed by atoms with Crippen molar-refractivity contribution in [2.24, 2.45) is 0 Å². The molecule has 2 rings (SSSR count). The van der Waals surface area contributed by atoms with Crippen LogP contribution in [0.1, 0.15) is 0 Å². The third-order valence-electron chi connectivity index (χ3n) is 2.14. The summed E-state index contributed by atoms with van der Waals surface area (Å²) in [5.74, 6) is 0.163. The Kier molecular flexibility index (Phi) is 2.92. The summed E-state index contributed by atoms with van der Waals surface area (Å²) in [6.07, 6.45) is 1.32. The van der Waals surface area contributed by atoms with Gasteiger partial charge in [-0.1, -0.05) is 29.8 Å². The molecule has 0 aliphatic carbocycles. The fourth-order valence-corrected chi connectivity index (χ4v) is 1.65. The number of ether oxygens (including phenoxy) is 1. The van der Waals surface area contributed by atoms with Crippen LogP contribution in [0.2, 0.25) is 5.02 Å². The lowest BCUT2D eigenvalue weighted by Crippen LogP contribution is -2.11. The van der Waals surface area contributed by atoms with Gasteiger partial charge in [0, 0.05) is 5.56 Å². The van der Waals surface area contributed by atoms with Crippen molar-refractivity contribution in [2.45, 2.75) is 0 Å². The quantitative estimate of drug-likeness (QED) is 0.869. The molecule has 0 bridgehead atoms. The van der Waals surface area contributed by atoms with Gasteiger partial charge in [-0.2, -0.15) is 0 Å². The monoisotopic (exact) mass is 236 g/mol. The molecule has 0 fully saturated rings. The zero-order chi connectivity index (χ0) is 11.5. The lowest BCUT2D eigenvalue weighted by molar-refractivity contribution is 0.408. The van der Waals surface area contributed by atoms with E-state index in [2.05, 4.69) is 9.97 Å². The molecule has 5 heteroatoms. The molecule has 0 spiro atoms. The number of aromatic amines is 1. The molecule has 0 saturated heterocycles. The molecular formula is C11H9ClN2O2. The second-order valence-corrected chi connectivity index (χ2v) is 3.50. The molecule has 1 N–H and O–H groups in total. The number of aromatic nitrogens is 2. The standard InChI is InChI=1S/C11H9ClN2O2/c1-16-10-9(13-6-14-11(10)15)7-4-2-3-5-8(7)12/h2-6H,1H3,(H,13,14,15). The first kappa shape index (κ1) is 10.7. The Bertz CT molecular complexity index is 566. The van der Waals surface area contributed by atoms with Crippen LogP contribution >= 0.6 is 11.6 Å². The van der Waals surface area contributed by atoms with E-state index in [0.29, 0.717) is 16.3 Å². The molecule has 0 unspecified atom stereocenters. The van der Waals surface area contributed by atoms with E-state index >= 15 is 0 Å². The maximum absolute atomic E-state index is 11.5. The minimum absolute atomic E-state index is 0.163. The molecule has 1 aromatic carbocycles. The molecule has 16 heavy (non-hydrogen) atoms. The van der Waals surface area contributed by atoms with Crippen molar-refractivity contribution in [2.75, 3.05) is 7.11 Å². The van der Waals surface area contributed by atoms with Crippen molar-refractivity contribution in [3.8, 4) is 17.0 Å². The molecule has 0 radical (unpaired) electrons. The summed E-state index contributed by atoms with van der Waals surface area (Å²) in [5.41, 5.74) is 0.788. The third-order valence-corrected chi connectivity index (χ3v) is 2.47. The molecule has 0 saturated carbocycles. The number of nitrogens with one attached hydrogen (secondary N) is 1. The topological polar surface area (TPSA) is 55.0 Å². The van der Waals surface area contributed by atoms with Gasteiger partial charge in [-0.15, -0.1) is 0 Å². The molecule has 0 aliphatic heterocycles. The molecule has 1 heterocycles. The number of rotatable bonds is 2. The minimum Gasteiger partial charge on any atom is -0.490 e. The number of methoxy groups -OCH3 is 1. The first-order valence-corrected chi connectivity index (χ1v) is 4.98. The summed E-state index contributed by atoms with van der Waals surface area (Å²) in [6.45, 7) is 0. The second-order valence-electron chi connectivity index (χ2n) is 3.09. The van der Waals surface area contributed by atoms with Crippen LogP contribution in [0, 0.1) is 0 Å². The number of hydrogen-bond acceptors (Lipinski definition) is 3. The average molecular weight is 237 g/mol. The SMILES string of the molecule is COc1c(-c2ccccc2Cl)nc[nH]c1=O. The molecule has 0 aliphatic rings. The van der Waals surface area contributed by atoms with E-state index < -0.39 is 0 Å². The molecule has 4 nitrogen and oxygen atoms in total. The van der Waals surface area contributed by atoms with Gasteiger partial charge in [-0.25, -0.2) is 4.98 Å². The minimum atomic E-state index is -0.326. The van der Waals surface area contributed by atoms with Gasteiger partial charge in [0.25, 0.3) is 5.56 Å². The van der Waals surface area contributed by atoms with Crippen LogP contribution in [0.5, 0.6) is 5.75 Å². The fraction of sp³-hybridized carbons (Fsp3) is 0.0909. The van der Waals surface area contributed by atoms with E-state index in [9.17, 15) is 4.79 Å². The van der Waals surface area contributed by atoms with Gasteiger partial charge in [0.2, 0.25) is 5.75 Å². The van der Waals surface area contributed by atoms with Gasteiger partial charge >= 0.3 is 0 Å². The largest absolute Gasteiger partial charge is 0.490 e. The van der Waals surface area contributed by atoms with Crippen LogP contribution < -0.4 is 10.3 Å². The normalized spacial score (nSPS) is 10.1. The van der Waals surface area contributed by atoms with Crippen molar-refractivity contribution in [3.63, 3.8) is 0 Å². The number of H-pyrrole nitrogens is 1. The van der Waals surface area contributed by atoms with Crippen molar-refractivity contribution < 1.29 is 4.74 Å². The highest BCUT2D eigenvalue weighted by atomic mass is 35.5. The summed E-state index contributed by atoms with van der Waals surface area (Å²) in [6, 6.07) is 7.15. The number of halogens is 1. The van der Waals surface area contributed by atoms with Crippen molar-refractivity contribution >= 4 is 11.6 Å². The third kappa shape index (κ3) is 1.79. The Morgan fingerprint density at radius 3 is 2.81 bits per heavy atom. The lowest BCUT2D eigenvalue weighted by Gasteiger charge is -2.07. The molecule has 82 valence electrons. The van der Waals surface area contributed by atoms with E-state index in [1.165, 1.54) is 13.4 Å². The van der Waals surface area contributed by atoms with E-state index in [1.54, 1.807) is 12.1 Å². The van der Waals surface area contributed by atoms with E-state index in [4.69, 9.17) is 16.3 Å². The van der Waals surface area contributed by atoms with Crippen LogP contribution in [-0.4, -0.2) is 17.1 Å². The van der Waals surface area contributed by atoms with Gasteiger partial charge in [0.05, 0.1) is 18.5 Å². The summed E-state index contributed by atoms with van der Waals surface area (Å²) >= 11 is 6.03. The van der Waals surface area contributed by atoms with Crippen molar-refractivity contribution in [3.05, 3.63) is 46.0 Å². The Morgan fingerprint density at radius 1 is 1.38 bits per heavy atom. The van der Waals surface area contributed by atoms with Gasteiger partial charge in [-0.05, 0) is 6.07 Å². The molecule has 0 amide bonds. The Hall–Kier alpha value is -1.81. The summed E-state index contributed by atoms with van der Waals surface area (Å²) in [4.78, 5) is 18.0. The second kappa shape index (κ2) is 4.37. The van der Waals surface area contributed by atoms with Crippen molar-refractivity contribution in [1.82, 2.24) is 9.97 Å². The maximum Gasteiger partial charge on any atom is 0.293 e. The lowest BCUT2D eigenvalue weighted by atomic mass is 10.1. The van der Waals surface area contributed by atoms with Crippen molar-refractivity contribution in [1.29, 1.82) is 0 Å². The van der Waals surface area contributed by atoms with Crippen LogP contribution in [-0.2, 0) is 0 Å². The zero-order valence-electron chi connectivity index (χ0n) is 8.53. The van der Waals surface area contributed by atoms with E-state index in [1.807, 2.05) is 12.1 Å². The van der Waals surface area contributed by atoms with Gasteiger partial charge in [-0.3, -0.25) is 4.79 Å². The summed E-state index contributed by atoms with van der Waals surface area (Å²) in [7, 11) is 1.42. The maximum atomic E-state index is 11.5. The smallest absolute Gasteiger partial charge is 0.293 e. The fourth-order valence-electron chi connectivity index (χ4n) is 1.42. The highest BCUT2D eigenvalue weighted by Gasteiger charge is 2.13. The predicted molar refractivity (Wildman–Crippen MR) is 61.9 cm³/mol. The highest BCUT2D eigenvalue weighted by Crippen LogP contribution is 2.29. The number of benzene rings is 1. The Morgan fingerprint density at radius 2 is 2.12 bits per heavy atom. The molecule has 2 aromatic rings. The predicted octanol–water partition coefficient (Wildman–Crippen LogP) is 2.10. The molecular weight excluding hydrogens is 228 g/mol. The zero-order valence-corrected chi connectivity index (χ0v) is 9.28. The van der Waals surface area contributed by atoms with E-state index in [-0.39, 0.29) is 11.3 Å². The van der Waals surface area contributed by atoms with Gasteiger partial charge in [0.15, 0.2) is 0 Å². The van der Waals surface area contributed by atoms with Crippen LogP contribution in [0.4, 0.5) is 0 Å². The summed E-state index contributed by atoms with van der Waals surface area (Å²) < 4.78 is 5.02. The molecule has 0 atom stereocenters. The van der Waals surface area contributed by atoms with E-state index in [0.717, 1.165) is 0 Å². The average Bonchev–Trinajstić information content (AvgIpc) is 2.29. The number of hydrogen-bond donors (Lipinski definition) is 1. The van der Waals surface area contributed by atoms with Crippen LogP contribution in [0.15, 0.2) is 35.4 Å². The summed E-state index contributed by atoms with van der Waals surface area (Å²) in [5, 5.41) is 0.527. The Labute approximate surface area is 96.9 Å². The first-order chi connectivity index (χ1) is 7.74. The van der Waals surface area contributed by atoms with Crippen LogP contribution in [0.3, 0.4) is 0 Å². The van der Waals surface area contributed by atoms with Gasteiger partial charge < -0.3 is 9.72 Å². The van der Waals surface area contributed by atoms with Crippen LogP contribution in [0.25, 0.3) is 11.3 Å². The highest BCUT2D eigenvalue weighted by molar-refractivity contribution is 6.33. The number of nitrogens with zero attached hydrogens (tertiary/aromatic N) is 1. The Balaban J connectivity index is 2.70. The molecule has 1 aromatic heterocycles. The van der Waals surface area contributed by atoms with Gasteiger partial charge in [0.1, 0.15) is 5.69 Å². The first-order valence-electron chi connectivity index (χ1n) is 4.60.